The number of nitrogens with zero attached hydrogens (tertiary/aromatic N) is 1. The van der Waals surface area contributed by atoms with Crippen molar-refractivity contribution < 1.29 is 13.2 Å². The van der Waals surface area contributed by atoms with Crippen molar-refractivity contribution >= 4 is 27.7 Å². The SMILES string of the molecule is CC(C)(C)c1ccc(S(=O)(=O)NCCC(=O)NCCSCc2ccccc2C#N)cc1. The highest BCUT2D eigenvalue weighted by Gasteiger charge is 2.17. The van der Waals surface area contributed by atoms with Gasteiger partial charge in [0.05, 0.1) is 16.5 Å². The molecule has 166 valence electrons. The molecule has 0 aliphatic rings. The second kappa shape index (κ2) is 11.3. The average Bonchev–Trinajstić information content (AvgIpc) is 2.73. The molecule has 2 N–H and O–H groups in total. The van der Waals surface area contributed by atoms with E-state index in [0.717, 1.165) is 11.1 Å². The number of thioether (sulfide) groups is 1. The van der Waals surface area contributed by atoms with Crippen molar-refractivity contribution in [2.45, 2.75) is 43.3 Å². The molecule has 2 aromatic carbocycles. The van der Waals surface area contributed by atoms with Crippen molar-refractivity contribution in [3.63, 3.8) is 0 Å². The van der Waals surface area contributed by atoms with E-state index in [1.54, 1.807) is 30.0 Å². The number of carbonyl (C=O) groups is 1. The molecule has 8 heteroatoms. The maximum atomic E-state index is 12.4. The minimum absolute atomic E-state index is 0.0396. The summed E-state index contributed by atoms with van der Waals surface area (Å²) in [5.74, 6) is 1.20. The lowest BCUT2D eigenvalue weighted by atomic mass is 9.87. The van der Waals surface area contributed by atoms with Crippen LogP contribution in [0, 0.1) is 11.3 Å². The first-order valence-corrected chi connectivity index (χ1v) is 12.7. The summed E-state index contributed by atoms with van der Waals surface area (Å²) >= 11 is 1.63. The first kappa shape index (κ1) is 24.9. The third-order valence-electron chi connectivity index (χ3n) is 4.64. The molecule has 0 bridgehead atoms. The molecule has 0 unspecified atom stereocenters. The van der Waals surface area contributed by atoms with E-state index in [1.807, 2.05) is 30.3 Å². The Morgan fingerprint density at radius 2 is 1.74 bits per heavy atom. The monoisotopic (exact) mass is 459 g/mol. The van der Waals surface area contributed by atoms with Crippen molar-refractivity contribution in [2.75, 3.05) is 18.8 Å². The van der Waals surface area contributed by atoms with Crippen LogP contribution in [0.1, 0.15) is 43.9 Å². The Morgan fingerprint density at radius 1 is 1.06 bits per heavy atom. The van der Waals surface area contributed by atoms with Crippen molar-refractivity contribution in [1.29, 1.82) is 5.26 Å². The van der Waals surface area contributed by atoms with Gasteiger partial charge in [-0.3, -0.25) is 4.79 Å². The number of carbonyl (C=O) groups excluding carboxylic acids is 1. The Hall–Kier alpha value is -2.34. The normalized spacial score (nSPS) is 11.7. The maximum absolute atomic E-state index is 12.4. The predicted octanol–water partition coefficient (Wildman–Crippen LogP) is 3.57. The Balaban J connectivity index is 1.68. The van der Waals surface area contributed by atoms with Crippen LogP contribution in [0.5, 0.6) is 0 Å². The summed E-state index contributed by atoms with van der Waals surface area (Å²) in [7, 11) is -3.65. The van der Waals surface area contributed by atoms with Crippen molar-refractivity contribution in [3.05, 3.63) is 65.2 Å². The number of amides is 1. The van der Waals surface area contributed by atoms with Crippen LogP contribution < -0.4 is 10.0 Å². The zero-order valence-electron chi connectivity index (χ0n) is 18.1. The maximum Gasteiger partial charge on any atom is 0.240 e. The van der Waals surface area contributed by atoms with Gasteiger partial charge in [0, 0.05) is 31.0 Å². The molecule has 0 fully saturated rings. The molecule has 6 nitrogen and oxygen atoms in total. The summed E-state index contributed by atoms with van der Waals surface area (Å²) in [6.07, 6.45) is 0.0707. The number of benzene rings is 2. The van der Waals surface area contributed by atoms with Gasteiger partial charge in [-0.25, -0.2) is 13.1 Å². The second-order valence-corrected chi connectivity index (χ2v) is 11.0. The molecule has 0 aromatic heterocycles. The molecule has 0 aliphatic carbocycles. The van der Waals surface area contributed by atoms with E-state index in [1.165, 1.54) is 0 Å². The molecule has 1 amide bonds. The Morgan fingerprint density at radius 3 is 2.39 bits per heavy atom. The molecule has 31 heavy (non-hydrogen) atoms. The van der Waals surface area contributed by atoms with Gasteiger partial charge >= 0.3 is 0 Å². The minimum Gasteiger partial charge on any atom is -0.355 e. The van der Waals surface area contributed by atoms with Crippen molar-refractivity contribution in [3.8, 4) is 6.07 Å². The van der Waals surface area contributed by atoms with Crippen LogP contribution in [-0.2, 0) is 26.0 Å². The molecular weight excluding hydrogens is 430 g/mol. The third-order valence-corrected chi connectivity index (χ3v) is 7.12. The van der Waals surface area contributed by atoms with E-state index in [2.05, 4.69) is 36.9 Å². The predicted molar refractivity (Wildman–Crippen MR) is 125 cm³/mol. The third kappa shape index (κ3) is 8.02. The van der Waals surface area contributed by atoms with Gasteiger partial charge in [0.2, 0.25) is 15.9 Å². The summed E-state index contributed by atoms with van der Waals surface area (Å²) in [5, 5.41) is 11.9. The number of nitriles is 1. The molecule has 0 spiro atoms. The topological polar surface area (TPSA) is 99.1 Å². The zero-order valence-corrected chi connectivity index (χ0v) is 19.8. The number of rotatable bonds is 10. The largest absolute Gasteiger partial charge is 0.355 e. The number of hydrogen-bond acceptors (Lipinski definition) is 5. The molecule has 0 saturated heterocycles. The molecule has 0 saturated carbocycles. The van der Waals surface area contributed by atoms with Gasteiger partial charge in [-0.15, -0.1) is 0 Å². The summed E-state index contributed by atoms with van der Waals surface area (Å²) in [5.41, 5.74) is 2.65. The summed E-state index contributed by atoms with van der Waals surface area (Å²) in [4.78, 5) is 12.1. The smallest absolute Gasteiger partial charge is 0.240 e. The first-order valence-electron chi connectivity index (χ1n) is 10.1. The van der Waals surface area contributed by atoms with Crippen LogP contribution in [-0.4, -0.2) is 33.2 Å². The van der Waals surface area contributed by atoms with Crippen LogP contribution in [0.15, 0.2) is 53.4 Å². The van der Waals surface area contributed by atoms with E-state index in [9.17, 15) is 13.2 Å². The van der Waals surface area contributed by atoms with Gasteiger partial charge in [-0.05, 0) is 34.7 Å². The quantitative estimate of drug-likeness (QED) is 0.529. The van der Waals surface area contributed by atoms with E-state index < -0.39 is 10.0 Å². The van der Waals surface area contributed by atoms with E-state index in [-0.39, 0.29) is 29.2 Å². The highest BCUT2D eigenvalue weighted by molar-refractivity contribution is 7.98. The molecule has 2 rings (SSSR count). The highest BCUT2D eigenvalue weighted by Crippen LogP contribution is 2.23. The summed E-state index contributed by atoms with van der Waals surface area (Å²) < 4.78 is 27.3. The van der Waals surface area contributed by atoms with E-state index >= 15 is 0 Å². The number of nitrogens with one attached hydrogen (secondary N) is 2. The number of sulfonamides is 1. The standard InChI is InChI=1S/C23H29N3O3S2/c1-23(2,3)20-8-10-21(11-9-20)31(28,29)26-13-12-22(27)25-14-15-30-17-19-7-5-4-6-18(19)16-24/h4-11,26H,12-15,17H2,1-3H3,(H,25,27). The van der Waals surface area contributed by atoms with Crippen molar-refractivity contribution in [2.24, 2.45) is 0 Å². The Kier molecular flexibility index (Phi) is 9.11. The van der Waals surface area contributed by atoms with Crippen LogP contribution in [0.3, 0.4) is 0 Å². The summed E-state index contributed by atoms with van der Waals surface area (Å²) in [6, 6.07) is 16.4. The summed E-state index contributed by atoms with van der Waals surface area (Å²) in [6.45, 7) is 6.72. The van der Waals surface area contributed by atoms with Crippen LogP contribution in [0.4, 0.5) is 0 Å². The Bertz CT molecular complexity index is 1020. The Labute approximate surface area is 189 Å². The van der Waals surface area contributed by atoms with E-state index in [0.29, 0.717) is 23.6 Å². The van der Waals surface area contributed by atoms with Crippen molar-refractivity contribution in [1.82, 2.24) is 10.0 Å². The molecule has 2 aromatic rings. The van der Waals surface area contributed by atoms with Crippen LogP contribution in [0.25, 0.3) is 0 Å². The van der Waals surface area contributed by atoms with Gasteiger partial charge in [-0.2, -0.15) is 17.0 Å². The van der Waals surface area contributed by atoms with Gasteiger partial charge in [0.25, 0.3) is 0 Å². The molecule has 0 aliphatic heterocycles. The minimum atomic E-state index is -3.65. The zero-order chi connectivity index (χ0) is 22.9. The first-order chi connectivity index (χ1) is 14.6. The van der Waals surface area contributed by atoms with Gasteiger partial charge in [-0.1, -0.05) is 51.1 Å². The fourth-order valence-corrected chi connectivity index (χ4v) is 4.70. The van der Waals surface area contributed by atoms with Gasteiger partial charge < -0.3 is 5.32 Å². The molecular formula is C23H29N3O3S2. The lowest BCUT2D eigenvalue weighted by Gasteiger charge is -2.19. The molecule has 0 atom stereocenters. The lowest BCUT2D eigenvalue weighted by molar-refractivity contribution is -0.120. The van der Waals surface area contributed by atoms with Crippen LogP contribution in [0.2, 0.25) is 0 Å². The fourth-order valence-electron chi connectivity index (χ4n) is 2.80. The highest BCUT2D eigenvalue weighted by atomic mass is 32.2. The average molecular weight is 460 g/mol. The number of hydrogen-bond donors (Lipinski definition) is 2. The van der Waals surface area contributed by atoms with Crippen LogP contribution >= 0.6 is 11.8 Å². The molecule has 0 radical (unpaired) electrons. The van der Waals surface area contributed by atoms with Gasteiger partial charge in [0.15, 0.2) is 0 Å². The van der Waals surface area contributed by atoms with E-state index in [4.69, 9.17) is 5.26 Å². The van der Waals surface area contributed by atoms with Gasteiger partial charge in [0.1, 0.15) is 0 Å². The second-order valence-electron chi connectivity index (χ2n) is 8.09. The molecule has 0 heterocycles. The fraction of sp³-hybridized carbons (Fsp3) is 0.391. The lowest BCUT2D eigenvalue weighted by Crippen LogP contribution is -2.31.